The largest absolute Gasteiger partial charge is 0.444 e. The number of allylic oxidation sites excluding steroid dienone is 1. The molecule has 1 saturated heterocycles. The van der Waals surface area contributed by atoms with Crippen LogP contribution >= 0.6 is 11.6 Å². The number of carbonyl (C=O) groups is 2. The molecule has 0 saturated carbocycles. The van der Waals surface area contributed by atoms with Crippen LogP contribution < -0.4 is 21.3 Å². The van der Waals surface area contributed by atoms with Crippen LogP contribution in [0.2, 0.25) is 0 Å². The van der Waals surface area contributed by atoms with Crippen molar-refractivity contribution >= 4 is 46.6 Å². The molecule has 2 aliphatic heterocycles. The van der Waals surface area contributed by atoms with Gasteiger partial charge in [0.05, 0.1) is 5.03 Å². The Balaban J connectivity index is 1.50. The van der Waals surface area contributed by atoms with E-state index >= 15 is 0 Å². The summed E-state index contributed by atoms with van der Waals surface area (Å²) in [4.78, 5) is 31.8. The summed E-state index contributed by atoms with van der Waals surface area (Å²) >= 11 is 6.50. The van der Waals surface area contributed by atoms with E-state index in [1.807, 2.05) is 65.0 Å². The lowest BCUT2D eigenvalue weighted by Crippen LogP contribution is -2.41. The number of aliphatic imine (C=N–C) groups is 1. The van der Waals surface area contributed by atoms with Crippen molar-refractivity contribution in [2.45, 2.75) is 71.7 Å². The molecule has 0 radical (unpaired) electrons. The maximum atomic E-state index is 13.0. The van der Waals surface area contributed by atoms with Crippen LogP contribution in [0.15, 0.2) is 58.6 Å². The molecular formula is C30H39ClN6O3. The smallest absolute Gasteiger partial charge is 0.410 e. The number of aryl methyl sites for hydroxylation is 2. The van der Waals surface area contributed by atoms with Crippen LogP contribution in [0.4, 0.5) is 26.7 Å². The lowest BCUT2D eigenvalue weighted by atomic mass is 10.0. The highest BCUT2D eigenvalue weighted by Gasteiger charge is 2.30. The van der Waals surface area contributed by atoms with Crippen LogP contribution in [0, 0.1) is 0 Å². The topological polar surface area (TPSA) is 107 Å². The van der Waals surface area contributed by atoms with Gasteiger partial charge in [0.15, 0.2) is 0 Å². The van der Waals surface area contributed by atoms with Crippen molar-refractivity contribution in [1.29, 1.82) is 0 Å². The molecule has 2 aromatic carbocycles. The molecule has 2 heterocycles. The van der Waals surface area contributed by atoms with Gasteiger partial charge in [-0.25, -0.2) is 14.6 Å². The molecule has 214 valence electrons. The van der Waals surface area contributed by atoms with E-state index in [-0.39, 0.29) is 24.3 Å². The van der Waals surface area contributed by atoms with E-state index in [0.717, 1.165) is 29.0 Å². The summed E-state index contributed by atoms with van der Waals surface area (Å²) in [5, 5.41) is 13.3. The molecule has 0 aliphatic carbocycles. The van der Waals surface area contributed by atoms with Gasteiger partial charge in [0.25, 0.3) is 0 Å². The number of anilines is 3. The van der Waals surface area contributed by atoms with Gasteiger partial charge in [-0.2, -0.15) is 0 Å². The molecule has 2 unspecified atom stereocenters. The minimum atomic E-state index is -0.560. The van der Waals surface area contributed by atoms with E-state index in [0.29, 0.717) is 36.8 Å². The predicted molar refractivity (Wildman–Crippen MR) is 162 cm³/mol. The van der Waals surface area contributed by atoms with Crippen LogP contribution in [0.25, 0.3) is 0 Å². The standard InChI is InChI=1S/C30H39ClN6O3/c1-6-25(31)27-33-19(2)32-22-9-7-8-20(16-22)10-11-21-17-23(34-27)12-13-26(21)36-28(38)35-24-14-15-37(18-24)29(39)40-30(3,4)5/h6-9,12-13,16-17,19,24,32H,10-11,14-15,18H2,1-5H3,(H,33,34)(H2,35,36,38)/b25-6+. The van der Waals surface area contributed by atoms with Crippen molar-refractivity contribution < 1.29 is 14.3 Å². The Morgan fingerprint density at radius 3 is 2.70 bits per heavy atom. The third-order valence-electron chi connectivity index (χ3n) is 6.58. The molecular weight excluding hydrogens is 528 g/mol. The first-order valence-electron chi connectivity index (χ1n) is 13.7. The number of carbonyl (C=O) groups excluding carboxylic acids is 2. The first-order valence-corrected chi connectivity index (χ1v) is 14.1. The van der Waals surface area contributed by atoms with E-state index in [1.165, 1.54) is 5.56 Å². The van der Waals surface area contributed by atoms with Crippen LogP contribution in [-0.4, -0.2) is 53.8 Å². The monoisotopic (exact) mass is 566 g/mol. The number of fused-ring (bicyclic) bond motifs is 4. The van der Waals surface area contributed by atoms with Crippen LogP contribution in [0.5, 0.6) is 0 Å². The number of halogens is 1. The van der Waals surface area contributed by atoms with Crippen molar-refractivity contribution in [3.05, 3.63) is 64.7 Å². The summed E-state index contributed by atoms with van der Waals surface area (Å²) < 4.78 is 5.46. The molecule has 4 N–H and O–H groups in total. The van der Waals surface area contributed by atoms with Gasteiger partial charge in [0.1, 0.15) is 17.6 Å². The van der Waals surface area contributed by atoms with E-state index in [1.54, 1.807) is 11.0 Å². The fraction of sp³-hybridized carbons (Fsp3) is 0.433. The SMILES string of the molecule is C/C=C(Cl)\C1=N/C(C)Nc2cccc(c2)CCc2cc(ccc2NC(=O)NC2CCN(C(=O)OC(C)(C)C)C2)N1. The number of nitrogens with zero attached hydrogens (tertiary/aromatic N) is 2. The Hall–Kier alpha value is -3.72. The third kappa shape index (κ3) is 8.14. The molecule has 0 spiro atoms. The van der Waals surface area contributed by atoms with Gasteiger partial charge < -0.3 is 30.9 Å². The summed E-state index contributed by atoms with van der Waals surface area (Å²) in [6, 6.07) is 13.6. The van der Waals surface area contributed by atoms with Crippen molar-refractivity contribution in [2.24, 2.45) is 4.99 Å². The molecule has 2 atom stereocenters. The fourth-order valence-corrected chi connectivity index (χ4v) is 4.80. The average molecular weight is 567 g/mol. The van der Waals surface area contributed by atoms with E-state index in [4.69, 9.17) is 21.3 Å². The Labute approximate surface area is 241 Å². The van der Waals surface area contributed by atoms with Crippen LogP contribution in [-0.2, 0) is 17.6 Å². The normalized spacial score (nSPS) is 20.9. The molecule has 2 aliphatic rings. The third-order valence-corrected chi connectivity index (χ3v) is 6.98. The van der Waals surface area contributed by atoms with Crippen molar-refractivity contribution in [2.75, 3.05) is 29.0 Å². The molecule has 4 bridgehead atoms. The molecule has 40 heavy (non-hydrogen) atoms. The Kier molecular flexibility index (Phi) is 9.25. The highest BCUT2D eigenvalue weighted by atomic mass is 35.5. The first-order chi connectivity index (χ1) is 19.0. The number of hydrogen-bond donors (Lipinski definition) is 4. The van der Waals surface area contributed by atoms with E-state index < -0.39 is 5.60 Å². The molecule has 1 fully saturated rings. The van der Waals surface area contributed by atoms with Gasteiger partial charge in [-0.3, -0.25) is 0 Å². The summed E-state index contributed by atoms with van der Waals surface area (Å²) in [7, 11) is 0. The maximum absolute atomic E-state index is 13.0. The molecule has 4 rings (SSSR count). The Bertz CT molecular complexity index is 1300. The second-order valence-corrected chi connectivity index (χ2v) is 11.5. The maximum Gasteiger partial charge on any atom is 0.410 e. The highest BCUT2D eigenvalue weighted by Crippen LogP contribution is 2.25. The summed E-state index contributed by atoms with van der Waals surface area (Å²) in [6.45, 7) is 10.3. The minimum Gasteiger partial charge on any atom is -0.444 e. The minimum absolute atomic E-state index is 0.155. The summed E-state index contributed by atoms with van der Waals surface area (Å²) in [6.07, 6.45) is 3.40. The van der Waals surface area contributed by atoms with Gasteiger partial charge >= 0.3 is 12.1 Å². The number of amides is 3. The molecule has 0 aromatic heterocycles. The van der Waals surface area contributed by atoms with E-state index in [9.17, 15) is 9.59 Å². The number of likely N-dealkylation sites (tertiary alicyclic amines) is 1. The van der Waals surface area contributed by atoms with Crippen LogP contribution in [0.3, 0.4) is 0 Å². The predicted octanol–water partition coefficient (Wildman–Crippen LogP) is 6.33. The van der Waals surface area contributed by atoms with E-state index in [2.05, 4.69) is 33.4 Å². The highest BCUT2D eigenvalue weighted by molar-refractivity contribution is 6.45. The molecule has 3 amide bonds. The number of ether oxygens (including phenoxy) is 1. The fourth-order valence-electron chi connectivity index (χ4n) is 4.70. The lowest BCUT2D eigenvalue weighted by Gasteiger charge is -2.24. The van der Waals surface area contributed by atoms with Crippen LogP contribution in [0.1, 0.15) is 52.2 Å². The Morgan fingerprint density at radius 1 is 1.15 bits per heavy atom. The van der Waals surface area contributed by atoms with Gasteiger partial charge in [-0.05, 0) is 95.3 Å². The van der Waals surface area contributed by atoms with Gasteiger partial charge in [0.2, 0.25) is 0 Å². The molecule has 9 nitrogen and oxygen atoms in total. The zero-order valence-corrected chi connectivity index (χ0v) is 24.6. The first kappa shape index (κ1) is 29.3. The number of nitrogens with one attached hydrogen (secondary N) is 4. The number of benzene rings is 2. The average Bonchev–Trinajstić information content (AvgIpc) is 3.35. The number of hydrogen-bond acceptors (Lipinski definition) is 6. The van der Waals surface area contributed by atoms with Crippen molar-refractivity contribution in [3.8, 4) is 0 Å². The number of urea groups is 1. The van der Waals surface area contributed by atoms with Gasteiger partial charge in [0, 0.05) is 36.2 Å². The zero-order chi connectivity index (χ0) is 28.9. The Morgan fingerprint density at radius 2 is 1.95 bits per heavy atom. The van der Waals surface area contributed by atoms with Crippen molar-refractivity contribution in [1.82, 2.24) is 10.2 Å². The lowest BCUT2D eigenvalue weighted by molar-refractivity contribution is 0.0291. The number of amidine groups is 1. The van der Waals surface area contributed by atoms with Gasteiger partial charge in [-0.1, -0.05) is 29.8 Å². The second kappa shape index (κ2) is 12.6. The number of rotatable bonds is 3. The molecule has 2 aromatic rings. The summed E-state index contributed by atoms with van der Waals surface area (Å²) in [5.74, 6) is 0.555. The second-order valence-electron chi connectivity index (χ2n) is 11.1. The molecule has 10 heteroatoms. The quantitative estimate of drug-likeness (QED) is 0.347. The van der Waals surface area contributed by atoms with Gasteiger partial charge in [-0.15, -0.1) is 0 Å². The zero-order valence-electron chi connectivity index (χ0n) is 23.8. The van der Waals surface area contributed by atoms with Crippen molar-refractivity contribution in [3.63, 3.8) is 0 Å². The summed E-state index contributed by atoms with van der Waals surface area (Å²) in [5.41, 5.74) is 4.11.